The van der Waals surface area contributed by atoms with E-state index in [0.717, 1.165) is 41.1 Å². The van der Waals surface area contributed by atoms with Gasteiger partial charge in [-0.05, 0) is 62.7 Å². The number of amides is 1. The standard InChI is InChI=1S/C31H35N7O2/c1-36(23-8-5-6-9-23)18-7-12-27(39)37-19-17-24(20-37)38-31-28(30(32)33-21-34-31)29(35-38)22-13-15-26(16-14-22)40-25-10-3-2-4-11-25/h2-4,7,10-16,21,23-24H,5-6,8-9,17-20H2,1H3,(H2,32,33,34)/t24-/m1/s1. The second-order valence-corrected chi connectivity index (χ2v) is 10.7. The van der Waals surface area contributed by atoms with Crippen LogP contribution in [0.5, 0.6) is 11.5 Å². The maximum atomic E-state index is 13.0. The summed E-state index contributed by atoms with van der Waals surface area (Å²) in [4.78, 5) is 26.0. The van der Waals surface area contributed by atoms with Gasteiger partial charge in [-0.3, -0.25) is 9.69 Å². The van der Waals surface area contributed by atoms with Crippen LogP contribution >= 0.6 is 0 Å². The maximum Gasteiger partial charge on any atom is 0.246 e. The largest absolute Gasteiger partial charge is 0.457 e. The lowest BCUT2D eigenvalue weighted by Crippen LogP contribution is -2.30. The molecule has 2 aromatic heterocycles. The number of fused-ring (bicyclic) bond motifs is 1. The molecule has 1 aliphatic heterocycles. The highest BCUT2D eigenvalue weighted by molar-refractivity contribution is 5.98. The molecule has 6 rings (SSSR count). The van der Waals surface area contributed by atoms with Crippen molar-refractivity contribution in [2.75, 3.05) is 32.4 Å². The molecular formula is C31H35N7O2. The van der Waals surface area contributed by atoms with E-state index in [1.165, 1.54) is 32.0 Å². The molecule has 40 heavy (non-hydrogen) atoms. The first kappa shape index (κ1) is 26.0. The van der Waals surface area contributed by atoms with Crippen molar-refractivity contribution in [1.29, 1.82) is 0 Å². The molecule has 2 N–H and O–H groups in total. The predicted molar refractivity (Wildman–Crippen MR) is 156 cm³/mol. The van der Waals surface area contributed by atoms with Crippen molar-refractivity contribution in [1.82, 2.24) is 29.5 Å². The zero-order valence-corrected chi connectivity index (χ0v) is 22.8. The highest BCUT2D eigenvalue weighted by atomic mass is 16.5. The van der Waals surface area contributed by atoms with E-state index in [4.69, 9.17) is 15.6 Å². The van der Waals surface area contributed by atoms with Crippen LogP contribution in [0.25, 0.3) is 22.3 Å². The topological polar surface area (TPSA) is 102 Å². The zero-order chi connectivity index (χ0) is 27.5. The number of aromatic nitrogens is 4. The number of nitrogens with zero attached hydrogens (tertiary/aromatic N) is 6. The van der Waals surface area contributed by atoms with Gasteiger partial charge in [-0.2, -0.15) is 5.10 Å². The average molecular weight is 538 g/mol. The maximum absolute atomic E-state index is 13.0. The number of rotatable bonds is 8. The van der Waals surface area contributed by atoms with Crippen molar-refractivity contribution in [3.8, 4) is 22.8 Å². The number of ether oxygens (including phenoxy) is 1. The Hall–Kier alpha value is -4.24. The number of para-hydroxylation sites is 1. The Balaban J connectivity index is 1.18. The third kappa shape index (κ3) is 5.42. The molecule has 2 aliphatic rings. The Morgan fingerprint density at radius 2 is 1.80 bits per heavy atom. The second-order valence-electron chi connectivity index (χ2n) is 10.7. The van der Waals surface area contributed by atoms with Gasteiger partial charge in [-0.1, -0.05) is 37.1 Å². The minimum atomic E-state index is 0.00440. The Bertz CT molecular complexity index is 1490. The Labute approximate surface area is 234 Å². The Kier molecular flexibility index (Phi) is 7.46. The fraction of sp³-hybridized carbons (Fsp3) is 0.355. The Morgan fingerprint density at radius 3 is 2.58 bits per heavy atom. The van der Waals surface area contributed by atoms with Crippen LogP contribution in [-0.2, 0) is 4.79 Å². The number of hydrogen-bond acceptors (Lipinski definition) is 7. The number of hydrogen-bond donors (Lipinski definition) is 1. The van der Waals surface area contributed by atoms with Crippen molar-refractivity contribution in [2.24, 2.45) is 0 Å². The molecule has 3 heterocycles. The summed E-state index contributed by atoms with van der Waals surface area (Å²) in [5, 5.41) is 5.69. The fourth-order valence-corrected chi connectivity index (χ4v) is 5.82. The minimum absolute atomic E-state index is 0.00440. The van der Waals surface area contributed by atoms with Crippen molar-refractivity contribution >= 4 is 22.8 Å². The monoisotopic (exact) mass is 537 g/mol. The molecule has 0 unspecified atom stereocenters. The minimum Gasteiger partial charge on any atom is -0.457 e. The van der Waals surface area contributed by atoms with Crippen molar-refractivity contribution in [3.63, 3.8) is 0 Å². The highest BCUT2D eigenvalue weighted by Crippen LogP contribution is 2.35. The molecule has 9 nitrogen and oxygen atoms in total. The van der Waals surface area contributed by atoms with E-state index in [1.807, 2.05) is 70.3 Å². The van der Waals surface area contributed by atoms with Crippen molar-refractivity contribution < 1.29 is 9.53 Å². The van der Waals surface area contributed by atoms with Gasteiger partial charge in [-0.25, -0.2) is 14.6 Å². The first-order chi connectivity index (χ1) is 19.6. The van der Waals surface area contributed by atoms with E-state index < -0.39 is 0 Å². The molecule has 2 aromatic carbocycles. The summed E-state index contributed by atoms with van der Waals surface area (Å²) in [6, 6.07) is 18.1. The zero-order valence-electron chi connectivity index (χ0n) is 22.8. The lowest BCUT2D eigenvalue weighted by Gasteiger charge is -2.22. The summed E-state index contributed by atoms with van der Waals surface area (Å²) in [5.41, 5.74) is 8.63. The van der Waals surface area contributed by atoms with Gasteiger partial charge in [0.1, 0.15) is 29.3 Å². The van der Waals surface area contributed by atoms with E-state index in [-0.39, 0.29) is 11.9 Å². The molecular weight excluding hydrogens is 502 g/mol. The summed E-state index contributed by atoms with van der Waals surface area (Å²) in [7, 11) is 2.15. The number of nitrogens with two attached hydrogens (primary N) is 1. The molecule has 0 spiro atoms. The molecule has 9 heteroatoms. The molecule has 1 atom stereocenters. The predicted octanol–water partition coefficient (Wildman–Crippen LogP) is 5.07. The van der Waals surface area contributed by atoms with Crippen LogP contribution in [0.3, 0.4) is 0 Å². The van der Waals surface area contributed by atoms with Gasteiger partial charge in [0.25, 0.3) is 0 Å². The van der Waals surface area contributed by atoms with E-state index in [2.05, 4.69) is 21.9 Å². The average Bonchev–Trinajstić information content (AvgIpc) is 3.75. The second kappa shape index (κ2) is 11.5. The van der Waals surface area contributed by atoms with Gasteiger partial charge in [0.2, 0.25) is 5.91 Å². The van der Waals surface area contributed by atoms with E-state index in [1.54, 1.807) is 6.08 Å². The first-order valence-corrected chi connectivity index (χ1v) is 14.0. The van der Waals surface area contributed by atoms with Crippen LogP contribution in [0.4, 0.5) is 5.82 Å². The van der Waals surface area contributed by atoms with Gasteiger partial charge in [0.05, 0.1) is 11.4 Å². The summed E-state index contributed by atoms with van der Waals surface area (Å²) in [6.45, 7) is 2.05. The molecule has 1 saturated carbocycles. The number of nitrogen functional groups attached to an aromatic ring is 1. The SMILES string of the molecule is CN(CC=CC(=O)N1CC[C@@H](n2nc(-c3ccc(Oc4ccccc4)cc3)c3c(N)ncnc32)C1)C1CCCC1. The lowest BCUT2D eigenvalue weighted by molar-refractivity contribution is -0.125. The number of carbonyl (C=O) groups excluding carboxylic acids is 1. The van der Waals surface area contributed by atoms with Gasteiger partial charge in [0.15, 0.2) is 5.65 Å². The number of benzene rings is 2. The summed E-state index contributed by atoms with van der Waals surface area (Å²) < 4.78 is 7.87. The van der Waals surface area contributed by atoms with E-state index in [0.29, 0.717) is 30.6 Å². The van der Waals surface area contributed by atoms with Gasteiger partial charge < -0.3 is 15.4 Å². The summed E-state index contributed by atoms with van der Waals surface area (Å²) >= 11 is 0. The lowest BCUT2D eigenvalue weighted by atomic mass is 10.1. The van der Waals surface area contributed by atoms with Crippen LogP contribution in [0.15, 0.2) is 73.1 Å². The number of likely N-dealkylation sites (tertiary alicyclic amines) is 1. The molecule has 2 fully saturated rings. The number of likely N-dealkylation sites (N-methyl/N-ethyl adjacent to an activating group) is 1. The molecule has 206 valence electrons. The normalized spacial score (nSPS) is 17.9. The summed E-state index contributed by atoms with van der Waals surface area (Å²) in [5.74, 6) is 1.94. The molecule has 1 aliphatic carbocycles. The smallest absolute Gasteiger partial charge is 0.246 e. The van der Waals surface area contributed by atoms with Gasteiger partial charge in [0, 0.05) is 37.3 Å². The van der Waals surface area contributed by atoms with Crippen LogP contribution in [-0.4, -0.2) is 68.2 Å². The fourth-order valence-electron chi connectivity index (χ4n) is 5.82. The van der Waals surface area contributed by atoms with E-state index >= 15 is 0 Å². The molecule has 1 saturated heterocycles. The number of anilines is 1. The van der Waals surface area contributed by atoms with Crippen molar-refractivity contribution in [2.45, 2.75) is 44.2 Å². The van der Waals surface area contributed by atoms with Gasteiger partial charge >= 0.3 is 0 Å². The highest BCUT2D eigenvalue weighted by Gasteiger charge is 2.30. The molecule has 0 bridgehead atoms. The first-order valence-electron chi connectivity index (χ1n) is 14.0. The quantitative estimate of drug-likeness (QED) is 0.313. The van der Waals surface area contributed by atoms with Crippen molar-refractivity contribution in [3.05, 3.63) is 73.1 Å². The molecule has 1 amide bonds. The molecule has 4 aromatic rings. The van der Waals surface area contributed by atoms with Crippen LogP contribution in [0.1, 0.15) is 38.1 Å². The Morgan fingerprint density at radius 1 is 1.05 bits per heavy atom. The van der Waals surface area contributed by atoms with Crippen LogP contribution < -0.4 is 10.5 Å². The third-order valence-corrected chi connectivity index (χ3v) is 8.05. The third-order valence-electron chi connectivity index (χ3n) is 8.05. The van der Waals surface area contributed by atoms with Crippen LogP contribution in [0.2, 0.25) is 0 Å². The molecule has 0 radical (unpaired) electrons. The van der Waals surface area contributed by atoms with Crippen LogP contribution in [0, 0.1) is 0 Å². The number of carbonyl (C=O) groups is 1. The van der Waals surface area contributed by atoms with E-state index in [9.17, 15) is 4.79 Å². The summed E-state index contributed by atoms with van der Waals surface area (Å²) in [6.07, 6.45) is 11.1. The van der Waals surface area contributed by atoms with Gasteiger partial charge in [-0.15, -0.1) is 0 Å².